The number of hydrogen-bond acceptors (Lipinski definition) is 8. The molecule has 4 N–H and O–H groups in total. The molecule has 1 aromatic carbocycles. The molecule has 0 fully saturated rings. The van der Waals surface area contributed by atoms with Gasteiger partial charge in [0.25, 0.3) is 5.91 Å². The number of benzene rings is 1. The number of hydrogen-bond donors (Lipinski definition) is 3. The van der Waals surface area contributed by atoms with Crippen LogP contribution in [0.3, 0.4) is 0 Å². The van der Waals surface area contributed by atoms with Crippen molar-refractivity contribution in [2.45, 2.75) is 26.4 Å². The number of nitrogens with one attached hydrogen (secondary N) is 2. The summed E-state index contributed by atoms with van der Waals surface area (Å²) < 4.78 is 2.04. The molecule has 4 rings (SSSR count). The van der Waals surface area contributed by atoms with E-state index >= 15 is 0 Å². The zero-order chi connectivity index (χ0) is 23.2. The normalized spacial score (nSPS) is 11.0. The summed E-state index contributed by atoms with van der Waals surface area (Å²) in [6, 6.07) is 7.37. The number of carbonyl (C=O) groups excluding carboxylic acids is 1. The molecule has 0 radical (unpaired) electrons. The molecule has 170 valence electrons. The highest BCUT2D eigenvalue weighted by Crippen LogP contribution is 2.37. The molecule has 9 nitrogen and oxygen atoms in total. The van der Waals surface area contributed by atoms with Crippen molar-refractivity contribution in [1.29, 1.82) is 0 Å². The molecule has 0 aliphatic carbocycles. The van der Waals surface area contributed by atoms with Crippen LogP contribution in [0, 0.1) is 6.92 Å². The smallest absolute Gasteiger partial charge is 0.261 e. The minimum atomic E-state index is -0.557. The van der Waals surface area contributed by atoms with E-state index in [0.717, 1.165) is 42.1 Å². The van der Waals surface area contributed by atoms with E-state index in [0.29, 0.717) is 38.7 Å². The fourth-order valence-corrected chi connectivity index (χ4v) is 4.48. The molecule has 0 atom stereocenters. The quantitative estimate of drug-likeness (QED) is 0.294. The second-order valence-corrected chi connectivity index (χ2v) is 8.75. The number of thiazole rings is 1. The van der Waals surface area contributed by atoms with E-state index in [1.54, 1.807) is 12.3 Å². The number of primary amides is 1. The summed E-state index contributed by atoms with van der Waals surface area (Å²) in [5.41, 5.74) is 8.52. The molecule has 0 spiro atoms. The molecule has 11 heteroatoms. The van der Waals surface area contributed by atoms with Crippen molar-refractivity contribution in [2.75, 3.05) is 11.9 Å². The van der Waals surface area contributed by atoms with Gasteiger partial charge in [-0.1, -0.05) is 35.1 Å². The Labute approximate surface area is 200 Å². The summed E-state index contributed by atoms with van der Waals surface area (Å²) in [5.74, 6) is 0.0190. The highest BCUT2D eigenvalue weighted by Gasteiger charge is 2.21. The number of aryl methyl sites for hydroxylation is 2. The summed E-state index contributed by atoms with van der Waals surface area (Å²) >= 11 is 7.56. The van der Waals surface area contributed by atoms with Crippen molar-refractivity contribution in [3.05, 3.63) is 70.5 Å². The molecule has 1 amide bonds. The Morgan fingerprint density at radius 2 is 2.18 bits per heavy atom. The average molecular weight is 483 g/mol. The molecule has 0 bridgehead atoms. The third-order valence-electron chi connectivity index (χ3n) is 4.90. The van der Waals surface area contributed by atoms with E-state index in [-0.39, 0.29) is 0 Å². The van der Waals surface area contributed by atoms with Crippen LogP contribution in [-0.4, -0.2) is 37.0 Å². The van der Waals surface area contributed by atoms with Crippen molar-refractivity contribution >= 4 is 39.8 Å². The lowest BCUT2D eigenvalue weighted by Crippen LogP contribution is -2.17. The SMILES string of the molecule is Cc1cccc(Cl)c1-c1nc(Nc2cc(CNCCCn3ccnc3)ncn2)sc1C(N)=O. The van der Waals surface area contributed by atoms with E-state index in [9.17, 15) is 4.79 Å². The molecular weight excluding hydrogens is 460 g/mol. The summed E-state index contributed by atoms with van der Waals surface area (Å²) in [5, 5.41) is 7.54. The van der Waals surface area contributed by atoms with Crippen LogP contribution in [-0.2, 0) is 13.1 Å². The summed E-state index contributed by atoms with van der Waals surface area (Å²) in [4.78, 5) is 29.6. The average Bonchev–Trinajstić information content (AvgIpc) is 3.44. The molecule has 0 unspecified atom stereocenters. The van der Waals surface area contributed by atoms with Gasteiger partial charge in [-0.15, -0.1) is 0 Å². The first-order valence-corrected chi connectivity index (χ1v) is 11.5. The number of carbonyl (C=O) groups is 1. The van der Waals surface area contributed by atoms with Gasteiger partial charge in [-0.25, -0.2) is 19.9 Å². The van der Waals surface area contributed by atoms with Gasteiger partial charge in [0.2, 0.25) is 0 Å². The van der Waals surface area contributed by atoms with E-state index in [2.05, 4.69) is 30.6 Å². The Kier molecular flexibility index (Phi) is 7.28. The number of amides is 1. The first-order valence-electron chi connectivity index (χ1n) is 10.3. The predicted molar refractivity (Wildman–Crippen MR) is 130 cm³/mol. The van der Waals surface area contributed by atoms with Crippen LogP contribution in [0.25, 0.3) is 11.3 Å². The lowest BCUT2D eigenvalue weighted by Gasteiger charge is -2.07. The molecule has 3 heterocycles. The summed E-state index contributed by atoms with van der Waals surface area (Å²) in [7, 11) is 0. The van der Waals surface area contributed by atoms with Crippen LogP contribution >= 0.6 is 22.9 Å². The van der Waals surface area contributed by atoms with Gasteiger partial charge in [0.1, 0.15) is 17.0 Å². The number of rotatable bonds is 10. The van der Waals surface area contributed by atoms with Gasteiger partial charge in [-0.3, -0.25) is 4.79 Å². The molecule has 0 aliphatic rings. The van der Waals surface area contributed by atoms with Crippen molar-refractivity contribution < 1.29 is 4.79 Å². The largest absolute Gasteiger partial charge is 0.365 e. The fraction of sp³-hybridized carbons (Fsp3) is 0.227. The zero-order valence-corrected chi connectivity index (χ0v) is 19.5. The third kappa shape index (κ3) is 5.72. The van der Waals surface area contributed by atoms with Gasteiger partial charge < -0.3 is 20.9 Å². The van der Waals surface area contributed by atoms with Crippen LogP contribution in [0.15, 0.2) is 49.3 Å². The molecule has 0 saturated carbocycles. The lowest BCUT2D eigenvalue weighted by atomic mass is 10.0. The van der Waals surface area contributed by atoms with Crippen LogP contribution < -0.4 is 16.4 Å². The maximum absolute atomic E-state index is 12.1. The summed E-state index contributed by atoms with van der Waals surface area (Å²) in [6.07, 6.45) is 8.00. The Hall–Kier alpha value is -3.34. The van der Waals surface area contributed by atoms with Crippen molar-refractivity contribution in [1.82, 2.24) is 29.8 Å². The van der Waals surface area contributed by atoms with Crippen LogP contribution in [0.5, 0.6) is 0 Å². The first kappa shape index (κ1) is 22.8. The predicted octanol–water partition coefficient (Wildman–Crippen LogP) is 3.78. The number of nitrogens with two attached hydrogens (primary N) is 1. The Balaban J connectivity index is 1.43. The highest BCUT2D eigenvalue weighted by molar-refractivity contribution is 7.18. The van der Waals surface area contributed by atoms with Gasteiger partial charge in [-0.2, -0.15) is 0 Å². The Bertz CT molecular complexity index is 1220. The molecule has 4 aromatic rings. The van der Waals surface area contributed by atoms with Gasteiger partial charge in [0, 0.05) is 37.1 Å². The molecule has 3 aromatic heterocycles. The van der Waals surface area contributed by atoms with Crippen molar-refractivity contribution in [2.24, 2.45) is 5.73 Å². The zero-order valence-electron chi connectivity index (χ0n) is 18.0. The van der Waals surface area contributed by atoms with Gasteiger partial charge >= 0.3 is 0 Å². The first-order chi connectivity index (χ1) is 16.0. The minimum Gasteiger partial charge on any atom is -0.365 e. The summed E-state index contributed by atoms with van der Waals surface area (Å²) in [6.45, 7) is 4.27. The number of anilines is 2. The fourth-order valence-electron chi connectivity index (χ4n) is 3.34. The molecule has 0 aliphatic heterocycles. The third-order valence-corrected chi connectivity index (χ3v) is 6.20. The lowest BCUT2D eigenvalue weighted by molar-refractivity contribution is 0.100. The van der Waals surface area contributed by atoms with Gasteiger partial charge in [0.15, 0.2) is 5.13 Å². The second-order valence-electron chi connectivity index (χ2n) is 7.34. The Morgan fingerprint density at radius 1 is 1.30 bits per heavy atom. The standard InChI is InChI=1S/C22H23ClN8OS/c1-14-4-2-5-16(23)18(14)19-20(21(24)32)33-22(30-19)29-17-10-15(27-12-28-17)11-25-6-3-8-31-9-7-26-13-31/h2,4-5,7,9-10,12-13,25H,3,6,8,11H2,1H3,(H2,24,32)(H,27,28,29,30). The van der Waals surface area contributed by atoms with Crippen LogP contribution in [0.4, 0.5) is 10.9 Å². The topological polar surface area (TPSA) is 124 Å². The molecule has 0 saturated heterocycles. The second kappa shape index (κ2) is 10.5. The maximum atomic E-state index is 12.1. The van der Waals surface area contributed by atoms with E-state index in [4.69, 9.17) is 17.3 Å². The van der Waals surface area contributed by atoms with Crippen LogP contribution in [0.1, 0.15) is 27.3 Å². The van der Waals surface area contributed by atoms with E-state index in [1.165, 1.54) is 6.33 Å². The monoisotopic (exact) mass is 482 g/mol. The molecule has 33 heavy (non-hydrogen) atoms. The Morgan fingerprint density at radius 3 is 2.94 bits per heavy atom. The minimum absolute atomic E-state index is 0.336. The van der Waals surface area contributed by atoms with E-state index < -0.39 is 5.91 Å². The van der Waals surface area contributed by atoms with Crippen LogP contribution in [0.2, 0.25) is 5.02 Å². The number of aromatic nitrogens is 5. The van der Waals surface area contributed by atoms with E-state index in [1.807, 2.05) is 42.2 Å². The highest BCUT2D eigenvalue weighted by atomic mass is 35.5. The number of nitrogens with zero attached hydrogens (tertiary/aromatic N) is 5. The number of imidazole rings is 1. The van der Waals surface area contributed by atoms with Crippen molar-refractivity contribution in [3.63, 3.8) is 0 Å². The molecular formula is C22H23ClN8OS. The van der Waals surface area contributed by atoms with Gasteiger partial charge in [-0.05, 0) is 31.5 Å². The number of halogens is 1. The maximum Gasteiger partial charge on any atom is 0.261 e. The van der Waals surface area contributed by atoms with Gasteiger partial charge in [0.05, 0.1) is 22.7 Å². The van der Waals surface area contributed by atoms with Crippen molar-refractivity contribution in [3.8, 4) is 11.3 Å².